The van der Waals surface area contributed by atoms with Crippen molar-refractivity contribution in [2.75, 3.05) is 0 Å². The molecular weight excluding hydrogens is 178 g/mol. The van der Waals surface area contributed by atoms with Crippen molar-refractivity contribution >= 4 is 23.4 Å². The van der Waals surface area contributed by atoms with E-state index < -0.39 is 4.87 Å². The van der Waals surface area contributed by atoms with Gasteiger partial charge in [0.25, 0.3) is 0 Å². The molecule has 1 saturated heterocycles. The number of halogens is 1. The van der Waals surface area contributed by atoms with Crippen molar-refractivity contribution in [3.8, 4) is 0 Å². The first-order valence-corrected chi connectivity index (χ1v) is 4.49. The van der Waals surface area contributed by atoms with Crippen LogP contribution in [-0.4, -0.2) is 16.7 Å². The fourth-order valence-electron chi connectivity index (χ4n) is 1.28. The zero-order valence-corrected chi connectivity index (χ0v) is 7.78. The van der Waals surface area contributed by atoms with Gasteiger partial charge in [-0.25, -0.2) is 0 Å². The lowest BCUT2D eigenvalue weighted by Gasteiger charge is -2.15. The summed E-state index contributed by atoms with van der Waals surface area (Å²) in [6.07, 6.45) is 2.58. The number of amides is 2. The van der Waals surface area contributed by atoms with Crippen LogP contribution in [0, 0.1) is 0 Å². The Balaban J connectivity index is 2.58. The van der Waals surface area contributed by atoms with Crippen LogP contribution in [0.5, 0.6) is 0 Å². The van der Waals surface area contributed by atoms with Gasteiger partial charge >= 0.3 is 0 Å². The zero-order valence-electron chi connectivity index (χ0n) is 7.02. The fraction of sp³-hybridized carbons (Fsp3) is 0.750. The summed E-state index contributed by atoms with van der Waals surface area (Å²) in [5, 5.41) is 2.21. The molecule has 1 rings (SSSR count). The molecule has 1 N–H and O–H groups in total. The van der Waals surface area contributed by atoms with Gasteiger partial charge in [0, 0.05) is 0 Å². The van der Waals surface area contributed by atoms with Crippen molar-refractivity contribution in [3.63, 3.8) is 0 Å². The first kappa shape index (κ1) is 9.52. The maximum Gasteiger partial charge on any atom is 0.248 e. The van der Waals surface area contributed by atoms with Crippen LogP contribution in [0.4, 0.5) is 0 Å². The van der Waals surface area contributed by atoms with Crippen LogP contribution in [0.3, 0.4) is 0 Å². The second-order valence-corrected chi connectivity index (χ2v) is 3.85. The minimum atomic E-state index is -0.951. The van der Waals surface area contributed by atoms with Crippen molar-refractivity contribution < 1.29 is 9.59 Å². The average Bonchev–Trinajstić information content (AvgIpc) is 2.23. The van der Waals surface area contributed by atoms with Crippen molar-refractivity contribution in [2.24, 2.45) is 0 Å². The molecule has 0 aromatic carbocycles. The highest BCUT2D eigenvalue weighted by Crippen LogP contribution is 2.30. The molecule has 12 heavy (non-hydrogen) atoms. The lowest BCUT2D eigenvalue weighted by molar-refractivity contribution is -0.125. The largest absolute Gasteiger partial charge is 0.295 e. The van der Waals surface area contributed by atoms with Gasteiger partial charge in [0.2, 0.25) is 11.8 Å². The molecule has 2 amide bonds. The highest BCUT2D eigenvalue weighted by Gasteiger charge is 2.44. The number of carbonyl (C=O) groups excluding carboxylic acids is 2. The van der Waals surface area contributed by atoms with Gasteiger partial charge in [0.1, 0.15) is 4.87 Å². The third kappa shape index (κ3) is 1.78. The number of carbonyl (C=O) groups is 2. The van der Waals surface area contributed by atoms with E-state index in [0.29, 0.717) is 6.42 Å². The maximum atomic E-state index is 11.1. The summed E-state index contributed by atoms with van der Waals surface area (Å²) in [5.74, 6) is -0.589. The molecule has 0 aromatic rings. The monoisotopic (exact) mass is 189 g/mol. The Kier molecular flexibility index (Phi) is 2.73. The first-order valence-electron chi connectivity index (χ1n) is 4.11. The van der Waals surface area contributed by atoms with Gasteiger partial charge < -0.3 is 0 Å². The van der Waals surface area contributed by atoms with E-state index in [0.717, 1.165) is 12.8 Å². The van der Waals surface area contributed by atoms with Crippen LogP contribution in [0.1, 0.15) is 32.6 Å². The van der Waals surface area contributed by atoms with Crippen LogP contribution >= 0.6 is 11.6 Å². The Morgan fingerprint density at radius 1 is 1.58 bits per heavy atom. The van der Waals surface area contributed by atoms with E-state index in [-0.39, 0.29) is 18.2 Å². The van der Waals surface area contributed by atoms with Crippen LogP contribution in [0.15, 0.2) is 0 Å². The topological polar surface area (TPSA) is 46.2 Å². The Morgan fingerprint density at radius 3 is 2.67 bits per heavy atom. The van der Waals surface area contributed by atoms with Crippen LogP contribution in [0.25, 0.3) is 0 Å². The van der Waals surface area contributed by atoms with E-state index in [1.807, 2.05) is 6.92 Å². The molecule has 1 aliphatic heterocycles. The second kappa shape index (κ2) is 3.44. The Hall–Kier alpha value is -0.570. The lowest BCUT2D eigenvalue weighted by Crippen LogP contribution is -2.32. The molecule has 1 heterocycles. The summed E-state index contributed by atoms with van der Waals surface area (Å²) in [6.45, 7) is 2.02. The van der Waals surface area contributed by atoms with Gasteiger partial charge in [-0.05, 0) is 6.42 Å². The summed E-state index contributed by atoms with van der Waals surface area (Å²) in [6, 6.07) is 0. The minimum absolute atomic E-state index is 0.132. The number of imide groups is 1. The van der Waals surface area contributed by atoms with Crippen LogP contribution < -0.4 is 5.32 Å². The third-order valence-corrected chi connectivity index (χ3v) is 2.52. The van der Waals surface area contributed by atoms with Gasteiger partial charge in [0.05, 0.1) is 6.42 Å². The Bertz CT molecular complexity index is 217. The normalized spacial score (nSPS) is 29.2. The molecule has 4 heteroatoms. The predicted molar refractivity (Wildman–Crippen MR) is 45.9 cm³/mol. The average molecular weight is 190 g/mol. The van der Waals surface area contributed by atoms with Gasteiger partial charge in [0.15, 0.2) is 0 Å². The molecule has 0 bridgehead atoms. The maximum absolute atomic E-state index is 11.1. The van der Waals surface area contributed by atoms with E-state index in [2.05, 4.69) is 5.32 Å². The van der Waals surface area contributed by atoms with E-state index in [4.69, 9.17) is 11.6 Å². The highest BCUT2D eigenvalue weighted by molar-refractivity contribution is 6.39. The molecule has 1 atom stereocenters. The third-order valence-electron chi connectivity index (χ3n) is 2.03. The second-order valence-electron chi connectivity index (χ2n) is 3.12. The quantitative estimate of drug-likeness (QED) is 0.536. The summed E-state index contributed by atoms with van der Waals surface area (Å²) in [7, 11) is 0. The SMILES string of the molecule is CCCCC1(Cl)CC(=O)NC1=O. The van der Waals surface area contributed by atoms with E-state index in [9.17, 15) is 9.59 Å². The molecule has 0 aromatic heterocycles. The molecule has 0 spiro atoms. The lowest BCUT2D eigenvalue weighted by atomic mass is 10.00. The fourth-order valence-corrected chi connectivity index (χ4v) is 1.58. The Labute approximate surface area is 76.5 Å². The molecule has 1 unspecified atom stereocenters. The zero-order chi connectivity index (χ0) is 9.19. The van der Waals surface area contributed by atoms with Crippen molar-refractivity contribution in [1.82, 2.24) is 5.32 Å². The number of rotatable bonds is 3. The number of alkyl halides is 1. The standard InChI is InChI=1S/C8H12ClNO2/c1-2-3-4-8(9)5-6(11)10-7(8)12/h2-5H2,1H3,(H,10,11,12). The number of unbranched alkanes of at least 4 members (excludes halogenated alkanes) is 1. The van der Waals surface area contributed by atoms with Gasteiger partial charge in [-0.2, -0.15) is 0 Å². The van der Waals surface area contributed by atoms with Crippen LogP contribution in [0.2, 0.25) is 0 Å². The molecule has 0 aliphatic carbocycles. The van der Waals surface area contributed by atoms with Crippen molar-refractivity contribution in [1.29, 1.82) is 0 Å². The summed E-state index contributed by atoms with van der Waals surface area (Å²) >= 11 is 5.96. The molecule has 68 valence electrons. The van der Waals surface area contributed by atoms with Gasteiger partial charge in [-0.15, -0.1) is 11.6 Å². The van der Waals surface area contributed by atoms with Gasteiger partial charge in [-0.3, -0.25) is 14.9 Å². The molecular formula is C8H12ClNO2. The Morgan fingerprint density at radius 2 is 2.25 bits per heavy atom. The summed E-state index contributed by atoms with van der Waals surface area (Å²) in [4.78, 5) is 21.0. The predicted octanol–water partition coefficient (Wildman–Crippen LogP) is 1.20. The molecule has 1 fully saturated rings. The summed E-state index contributed by atoms with van der Waals surface area (Å²) in [5.41, 5.74) is 0. The summed E-state index contributed by atoms with van der Waals surface area (Å²) < 4.78 is 0. The van der Waals surface area contributed by atoms with Crippen molar-refractivity contribution in [2.45, 2.75) is 37.5 Å². The molecule has 0 radical (unpaired) electrons. The molecule has 1 aliphatic rings. The minimum Gasteiger partial charge on any atom is -0.295 e. The van der Waals surface area contributed by atoms with E-state index in [1.54, 1.807) is 0 Å². The first-order chi connectivity index (χ1) is 5.58. The smallest absolute Gasteiger partial charge is 0.248 e. The van der Waals surface area contributed by atoms with Crippen LogP contribution in [-0.2, 0) is 9.59 Å². The molecule has 0 saturated carbocycles. The number of hydrogen-bond donors (Lipinski definition) is 1. The molecule has 3 nitrogen and oxygen atoms in total. The van der Waals surface area contributed by atoms with Gasteiger partial charge in [-0.1, -0.05) is 19.8 Å². The number of hydrogen-bond acceptors (Lipinski definition) is 2. The highest BCUT2D eigenvalue weighted by atomic mass is 35.5. The van der Waals surface area contributed by atoms with E-state index >= 15 is 0 Å². The van der Waals surface area contributed by atoms with E-state index in [1.165, 1.54) is 0 Å². The van der Waals surface area contributed by atoms with Crippen molar-refractivity contribution in [3.05, 3.63) is 0 Å². The number of nitrogens with one attached hydrogen (secondary N) is 1.